The first-order valence-corrected chi connectivity index (χ1v) is 3.93. The molecule has 4 heteroatoms. The summed E-state index contributed by atoms with van der Waals surface area (Å²) < 4.78 is 0. The molecule has 0 aromatic rings. The molecule has 4 nitrogen and oxygen atoms in total. The maximum absolute atomic E-state index is 10.6. The van der Waals surface area contributed by atoms with Gasteiger partial charge in [0.25, 0.3) is 0 Å². The molecule has 1 saturated heterocycles. The lowest BCUT2D eigenvalue weighted by molar-refractivity contribution is -0.141. The zero-order chi connectivity index (χ0) is 7.84. The Bertz CT molecular complexity index is 183. The van der Waals surface area contributed by atoms with E-state index in [1.807, 2.05) is 0 Å². The third-order valence-corrected chi connectivity index (χ3v) is 2.54. The number of hydrogen-bond donors (Lipinski definition) is 2. The molecule has 11 heavy (non-hydrogen) atoms. The third kappa shape index (κ3) is 1.02. The van der Waals surface area contributed by atoms with Crippen LogP contribution < -0.4 is 5.48 Å². The van der Waals surface area contributed by atoms with Crippen LogP contribution in [0.4, 0.5) is 0 Å². The molecule has 2 aliphatic rings. The quantitative estimate of drug-likeness (QED) is 0.568. The maximum atomic E-state index is 10.6. The molecule has 2 N–H and O–H groups in total. The molecule has 0 bridgehead atoms. The normalized spacial score (nSPS) is 42.4. The molecule has 2 fully saturated rings. The number of carbonyl (C=O) groups is 1. The first-order valence-electron chi connectivity index (χ1n) is 3.93. The van der Waals surface area contributed by atoms with Crippen molar-refractivity contribution in [1.82, 2.24) is 5.48 Å². The van der Waals surface area contributed by atoms with Crippen LogP contribution in [0.15, 0.2) is 0 Å². The Morgan fingerprint density at radius 3 is 3.09 bits per heavy atom. The van der Waals surface area contributed by atoms with Gasteiger partial charge >= 0.3 is 5.97 Å². The van der Waals surface area contributed by atoms with Gasteiger partial charge in [0, 0.05) is 5.92 Å². The summed E-state index contributed by atoms with van der Waals surface area (Å²) in [6.07, 6.45) is 3.23. The van der Waals surface area contributed by atoms with E-state index in [2.05, 4.69) is 5.48 Å². The molecule has 1 saturated carbocycles. The fourth-order valence-electron chi connectivity index (χ4n) is 1.96. The summed E-state index contributed by atoms with van der Waals surface area (Å²) in [4.78, 5) is 15.7. The standard InChI is InChI=1S/C7H11NO3/c9-7(10)6-4-2-1-3-5(4)11-8-6/h4-6,8H,1-3H2,(H,9,10). The van der Waals surface area contributed by atoms with E-state index in [1.165, 1.54) is 0 Å². The highest BCUT2D eigenvalue weighted by molar-refractivity contribution is 5.74. The minimum absolute atomic E-state index is 0.149. The van der Waals surface area contributed by atoms with Crippen molar-refractivity contribution >= 4 is 5.97 Å². The SMILES string of the molecule is O=C(O)C1NOC2CCCC21. The number of rotatable bonds is 1. The van der Waals surface area contributed by atoms with Gasteiger partial charge in [0.05, 0.1) is 6.10 Å². The Labute approximate surface area is 64.5 Å². The fraction of sp³-hybridized carbons (Fsp3) is 0.857. The van der Waals surface area contributed by atoms with Crippen molar-refractivity contribution in [2.45, 2.75) is 31.4 Å². The van der Waals surface area contributed by atoms with E-state index in [1.54, 1.807) is 0 Å². The van der Waals surface area contributed by atoms with Gasteiger partial charge in [-0.2, -0.15) is 5.48 Å². The molecule has 1 heterocycles. The van der Waals surface area contributed by atoms with Gasteiger partial charge in [0.2, 0.25) is 0 Å². The van der Waals surface area contributed by atoms with Crippen LogP contribution in [0.2, 0.25) is 0 Å². The van der Waals surface area contributed by atoms with Gasteiger partial charge in [0.1, 0.15) is 6.04 Å². The number of carboxylic acids is 1. The van der Waals surface area contributed by atoms with Crippen LogP contribution in [0.1, 0.15) is 19.3 Å². The Hall–Kier alpha value is -0.610. The lowest BCUT2D eigenvalue weighted by Crippen LogP contribution is -2.34. The minimum atomic E-state index is -0.792. The Morgan fingerprint density at radius 2 is 2.36 bits per heavy atom. The molecule has 1 aliphatic carbocycles. The van der Waals surface area contributed by atoms with E-state index in [0.29, 0.717) is 0 Å². The largest absolute Gasteiger partial charge is 0.480 e. The molecular weight excluding hydrogens is 146 g/mol. The summed E-state index contributed by atoms with van der Waals surface area (Å²) in [6.45, 7) is 0. The van der Waals surface area contributed by atoms with Crippen LogP contribution in [0.5, 0.6) is 0 Å². The second-order valence-corrected chi connectivity index (χ2v) is 3.18. The Kier molecular flexibility index (Phi) is 1.58. The highest BCUT2D eigenvalue weighted by atomic mass is 16.7. The molecule has 3 atom stereocenters. The molecule has 1 aliphatic heterocycles. The van der Waals surface area contributed by atoms with E-state index in [-0.39, 0.29) is 12.0 Å². The molecule has 0 radical (unpaired) electrons. The number of hydrogen-bond acceptors (Lipinski definition) is 3. The van der Waals surface area contributed by atoms with E-state index < -0.39 is 12.0 Å². The molecule has 3 unspecified atom stereocenters. The van der Waals surface area contributed by atoms with Gasteiger partial charge in [-0.1, -0.05) is 6.42 Å². The fourth-order valence-corrected chi connectivity index (χ4v) is 1.96. The number of nitrogens with one attached hydrogen (secondary N) is 1. The van der Waals surface area contributed by atoms with Crippen molar-refractivity contribution in [1.29, 1.82) is 0 Å². The van der Waals surface area contributed by atoms with Crippen molar-refractivity contribution in [3.05, 3.63) is 0 Å². The van der Waals surface area contributed by atoms with Crippen LogP contribution in [-0.2, 0) is 9.63 Å². The van der Waals surface area contributed by atoms with Gasteiger partial charge in [-0.05, 0) is 12.8 Å². The molecule has 62 valence electrons. The predicted molar refractivity (Wildman–Crippen MR) is 36.8 cm³/mol. The third-order valence-electron chi connectivity index (χ3n) is 2.54. The number of aliphatic carboxylic acids is 1. The van der Waals surface area contributed by atoms with E-state index in [0.717, 1.165) is 19.3 Å². The first kappa shape index (κ1) is 7.06. The molecule has 0 amide bonds. The van der Waals surface area contributed by atoms with Gasteiger partial charge < -0.3 is 5.11 Å². The second kappa shape index (κ2) is 2.46. The van der Waals surface area contributed by atoms with Crippen LogP contribution >= 0.6 is 0 Å². The highest BCUT2D eigenvalue weighted by Gasteiger charge is 2.44. The topological polar surface area (TPSA) is 58.6 Å². The Balaban J connectivity index is 2.08. The van der Waals surface area contributed by atoms with Crippen molar-refractivity contribution in [2.75, 3.05) is 0 Å². The summed E-state index contributed by atoms with van der Waals surface area (Å²) in [7, 11) is 0. The molecule has 0 spiro atoms. The van der Waals surface area contributed by atoms with Crippen LogP contribution in [0.25, 0.3) is 0 Å². The number of hydroxylamine groups is 1. The summed E-state index contributed by atoms with van der Waals surface area (Å²) in [5.74, 6) is -0.591. The van der Waals surface area contributed by atoms with Crippen molar-refractivity contribution in [2.24, 2.45) is 5.92 Å². The van der Waals surface area contributed by atoms with E-state index in [4.69, 9.17) is 9.94 Å². The molecule has 2 rings (SSSR count). The van der Waals surface area contributed by atoms with E-state index in [9.17, 15) is 4.79 Å². The average molecular weight is 157 g/mol. The average Bonchev–Trinajstić information content (AvgIpc) is 2.41. The summed E-state index contributed by atoms with van der Waals surface area (Å²) in [5.41, 5.74) is 2.56. The van der Waals surface area contributed by atoms with E-state index >= 15 is 0 Å². The second-order valence-electron chi connectivity index (χ2n) is 3.18. The summed E-state index contributed by atoms with van der Waals surface area (Å²) >= 11 is 0. The van der Waals surface area contributed by atoms with Crippen molar-refractivity contribution in [3.63, 3.8) is 0 Å². The van der Waals surface area contributed by atoms with Gasteiger partial charge in [0.15, 0.2) is 0 Å². The monoisotopic (exact) mass is 157 g/mol. The summed E-state index contributed by atoms with van der Waals surface area (Å²) in [5, 5.41) is 8.72. The van der Waals surface area contributed by atoms with Crippen LogP contribution in [0, 0.1) is 5.92 Å². The minimum Gasteiger partial charge on any atom is -0.480 e. The lowest BCUT2D eigenvalue weighted by atomic mass is 9.98. The summed E-state index contributed by atoms with van der Waals surface area (Å²) in [6, 6.07) is -0.470. The maximum Gasteiger partial charge on any atom is 0.323 e. The van der Waals surface area contributed by atoms with Gasteiger partial charge in [-0.15, -0.1) is 0 Å². The molecule has 0 aromatic heterocycles. The zero-order valence-corrected chi connectivity index (χ0v) is 6.12. The van der Waals surface area contributed by atoms with Crippen LogP contribution in [-0.4, -0.2) is 23.2 Å². The smallest absolute Gasteiger partial charge is 0.323 e. The van der Waals surface area contributed by atoms with Gasteiger partial charge in [-0.3, -0.25) is 9.63 Å². The molecular formula is C7H11NO3. The zero-order valence-electron chi connectivity index (χ0n) is 6.12. The van der Waals surface area contributed by atoms with Crippen LogP contribution in [0.3, 0.4) is 0 Å². The Morgan fingerprint density at radius 1 is 1.55 bits per heavy atom. The predicted octanol–water partition coefficient (Wildman–Crippen LogP) is 0.143. The first-order chi connectivity index (χ1) is 5.29. The van der Waals surface area contributed by atoms with Crippen molar-refractivity contribution in [3.8, 4) is 0 Å². The molecule has 0 aromatic carbocycles. The lowest BCUT2D eigenvalue weighted by Gasteiger charge is -2.08. The number of fused-ring (bicyclic) bond motifs is 1. The highest BCUT2D eigenvalue weighted by Crippen LogP contribution is 2.34. The van der Waals surface area contributed by atoms with Gasteiger partial charge in [-0.25, -0.2) is 0 Å². The van der Waals surface area contributed by atoms with Crippen molar-refractivity contribution < 1.29 is 14.7 Å². The number of carboxylic acid groups (broad SMARTS) is 1.